The monoisotopic (exact) mass is 240 g/mol. The Hall–Kier alpha value is -0.300. The summed E-state index contributed by atoms with van der Waals surface area (Å²) in [5, 5.41) is 8.64. The Morgan fingerprint density at radius 2 is 1.12 bits per heavy atom. The van der Waals surface area contributed by atoms with E-state index in [1.54, 1.807) is 0 Å². The van der Waals surface area contributed by atoms with Gasteiger partial charge in [0.25, 0.3) is 0 Å². The lowest BCUT2D eigenvalue weighted by Crippen LogP contribution is -1.84. The second-order valence-corrected chi connectivity index (χ2v) is 4.95. The zero-order valence-corrected chi connectivity index (χ0v) is 11.8. The van der Waals surface area contributed by atoms with Gasteiger partial charge in [-0.25, -0.2) is 0 Å². The molecule has 0 aromatic carbocycles. The summed E-state index contributed by atoms with van der Waals surface area (Å²) < 4.78 is 0. The number of hydrogen-bond donors (Lipinski definition) is 1. The third-order valence-corrected chi connectivity index (χ3v) is 3.15. The quantitative estimate of drug-likeness (QED) is 0.345. The van der Waals surface area contributed by atoms with Crippen molar-refractivity contribution in [2.75, 3.05) is 6.61 Å². The summed E-state index contributed by atoms with van der Waals surface area (Å²) in [4.78, 5) is 0. The summed E-state index contributed by atoms with van der Waals surface area (Å²) in [5.74, 6) is 0. The maximum atomic E-state index is 8.64. The van der Waals surface area contributed by atoms with Crippen molar-refractivity contribution in [1.29, 1.82) is 0 Å². The molecule has 0 saturated carbocycles. The Morgan fingerprint density at radius 1 is 0.647 bits per heavy atom. The predicted molar refractivity (Wildman–Crippen MR) is 77.3 cm³/mol. The second-order valence-electron chi connectivity index (χ2n) is 4.95. The fourth-order valence-corrected chi connectivity index (χ4v) is 2.01. The van der Waals surface area contributed by atoms with Crippen LogP contribution in [0.25, 0.3) is 0 Å². The van der Waals surface area contributed by atoms with Crippen LogP contribution in [0.1, 0.15) is 84.0 Å². The van der Waals surface area contributed by atoms with Gasteiger partial charge >= 0.3 is 0 Å². The maximum Gasteiger partial charge on any atom is 0.0431 e. The van der Waals surface area contributed by atoms with E-state index in [9.17, 15) is 0 Å². The average Bonchev–Trinajstić information content (AvgIpc) is 2.35. The molecule has 0 unspecified atom stereocenters. The van der Waals surface area contributed by atoms with Crippen LogP contribution in [0.15, 0.2) is 12.2 Å². The summed E-state index contributed by atoms with van der Waals surface area (Å²) in [6, 6.07) is 0. The normalized spacial score (nSPS) is 11.4. The molecule has 0 atom stereocenters. The fourth-order valence-electron chi connectivity index (χ4n) is 2.01. The van der Waals surface area contributed by atoms with E-state index in [-0.39, 0.29) is 0 Å². The molecule has 0 heterocycles. The van der Waals surface area contributed by atoms with Gasteiger partial charge in [-0.1, -0.05) is 70.4 Å². The number of hydrogen-bond acceptors (Lipinski definition) is 1. The van der Waals surface area contributed by atoms with Crippen LogP contribution in [0, 0.1) is 0 Å². The number of aliphatic hydroxyl groups is 1. The highest BCUT2D eigenvalue weighted by molar-refractivity contribution is 4.80. The molecule has 0 aromatic rings. The van der Waals surface area contributed by atoms with Gasteiger partial charge in [-0.15, -0.1) is 0 Å². The number of allylic oxidation sites excluding steroid dienone is 2. The van der Waals surface area contributed by atoms with E-state index in [0.29, 0.717) is 6.61 Å². The molecule has 0 aliphatic carbocycles. The molecule has 0 radical (unpaired) electrons. The number of unbranched alkanes of at least 4 members (excludes halogenated alkanes) is 10. The Labute approximate surface area is 108 Å². The molecular weight excluding hydrogens is 208 g/mol. The zero-order chi connectivity index (χ0) is 12.6. The van der Waals surface area contributed by atoms with Crippen molar-refractivity contribution in [1.82, 2.24) is 0 Å². The minimum Gasteiger partial charge on any atom is -0.396 e. The minimum absolute atomic E-state index is 0.367. The Balaban J connectivity index is 2.94. The van der Waals surface area contributed by atoms with E-state index in [1.165, 1.54) is 70.6 Å². The highest BCUT2D eigenvalue weighted by Crippen LogP contribution is 2.10. The minimum atomic E-state index is 0.367. The SMILES string of the molecule is CCCC=CCCCCCCCCCCCO. The van der Waals surface area contributed by atoms with Gasteiger partial charge in [-0.05, 0) is 25.7 Å². The highest BCUT2D eigenvalue weighted by Gasteiger charge is 1.91. The second kappa shape index (κ2) is 15.7. The van der Waals surface area contributed by atoms with Gasteiger partial charge in [0.05, 0.1) is 0 Å². The van der Waals surface area contributed by atoms with E-state index in [1.807, 2.05) is 0 Å². The third kappa shape index (κ3) is 15.7. The lowest BCUT2D eigenvalue weighted by Gasteiger charge is -2.01. The lowest BCUT2D eigenvalue weighted by molar-refractivity contribution is 0.282. The van der Waals surface area contributed by atoms with E-state index >= 15 is 0 Å². The van der Waals surface area contributed by atoms with Crippen molar-refractivity contribution in [2.24, 2.45) is 0 Å². The molecule has 0 bridgehead atoms. The molecule has 102 valence electrons. The van der Waals surface area contributed by atoms with Crippen LogP contribution in [0.5, 0.6) is 0 Å². The van der Waals surface area contributed by atoms with Crippen molar-refractivity contribution in [2.45, 2.75) is 84.0 Å². The third-order valence-electron chi connectivity index (χ3n) is 3.15. The van der Waals surface area contributed by atoms with Gasteiger partial charge in [0.2, 0.25) is 0 Å². The van der Waals surface area contributed by atoms with Gasteiger partial charge in [0, 0.05) is 6.61 Å². The van der Waals surface area contributed by atoms with E-state index in [2.05, 4.69) is 19.1 Å². The molecule has 17 heavy (non-hydrogen) atoms. The fraction of sp³-hybridized carbons (Fsp3) is 0.875. The smallest absolute Gasteiger partial charge is 0.0431 e. The molecule has 0 saturated heterocycles. The molecule has 0 aliphatic rings. The summed E-state index contributed by atoms with van der Waals surface area (Å²) in [7, 11) is 0. The molecule has 1 nitrogen and oxygen atoms in total. The summed E-state index contributed by atoms with van der Waals surface area (Å²) in [6.07, 6.45) is 20.3. The molecule has 0 aromatic heterocycles. The van der Waals surface area contributed by atoms with Crippen molar-refractivity contribution < 1.29 is 5.11 Å². The Bertz CT molecular complexity index is 152. The van der Waals surface area contributed by atoms with Crippen LogP contribution >= 0.6 is 0 Å². The van der Waals surface area contributed by atoms with Crippen molar-refractivity contribution in [3.8, 4) is 0 Å². The van der Waals surface area contributed by atoms with Crippen molar-refractivity contribution in [3.63, 3.8) is 0 Å². The topological polar surface area (TPSA) is 20.2 Å². The molecule has 0 fully saturated rings. The zero-order valence-electron chi connectivity index (χ0n) is 11.8. The first-order valence-electron chi connectivity index (χ1n) is 7.67. The van der Waals surface area contributed by atoms with Gasteiger partial charge in [0.15, 0.2) is 0 Å². The average molecular weight is 240 g/mol. The summed E-state index contributed by atoms with van der Waals surface area (Å²) in [5.41, 5.74) is 0. The highest BCUT2D eigenvalue weighted by atomic mass is 16.2. The molecule has 0 rings (SSSR count). The van der Waals surface area contributed by atoms with Crippen LogP contribution in [-0.4, -0.2) is 11.7 Å². The molecule has 0 aliphatic heterocycles. The van der Waals surface area contributed by atoms with Gasteiger partial charge in [0.1, 0.15) is 0 Å². The van der Waals surface area contributed by atoms with Gasteiger partial charge < -0.3 is 5.11 Å². The van der Waals surface area contributed by atoms with Crippen LogP contribution in [-0.2, 0) is 0 Å². The Kier molecular flexibility index (Phi) is 15.4. The van der Waals surface area contributed by atoms with Gasteiger partial charge in [-0.2, -0.15) is 0 Å². The Morgan fingerprint density at radius 3 is 1.65 bits per heavy atom. The lowest BCUT2D eigenvalue weighted by atomic mass is 10.1. The van der Waals surface area contributed by atoms with Crippen LogP contribution in [0.4, 0.5) is 0 Å². The van der Waals surface area contributed by atoms with Crippen LogP contribution in [0.3, 0.4) is 0 Å². The predicted octanol–water partition coefficient (Wildman–Crippen LogP) is 5.24. The first-order valence-corrected chi connectivity index (χ1v) is 7.67. The molecule has 0 spiro atoms. The molecule has 0 amide bonds. The largest absolute Gasteiger partial charge is 0.396 e. The maximum absolute atomic E-state index is 8.64. The number of aliphatic hydroxyl groups excluding tert-OH is 1. The molecule has 1 N–H and O–H groups in total. The van der Waals surface area contributed by atoms with Crippen LogP contribution in [0.2, 0.25) is 0 Å². The van der Waals surface area contributed by atoms with Crippen molar-refractivity contribution in [3.05, 3.63) is 12.2 Å². The van der Waals surface area contributed by atoms with Crippen molar-refractivity contribution >= 4 is 0 Å². The van der Waals surface area contributed by atoms with E-state index in [4.69, 9.17) is 5.11 Å². The number of rotatable bonds is 13. The molecular formula is C16H32O. The summed E-state index contributed by atoms with van der Waals surface area (Å²) >= 11 is 0. The van der Waals surface area contributed by atoms with Gasteiger partial charge in [-0.3, -0.25) is 0 Å². The summed E-state index contributed by atoms with van der Waals surface area (Å²) in [6.45, 7) is 2.59. The standard InChI is InChI=1S/C16H32O/c1-2-3-4-5-6-7-8-9-10-11-12-13-14-15-16-17/h4-5,17H,2-3,6-16H2,1H3. The molecule has 1 heteroatoms. The van der Waals surface area contributed by atoms with E-state index < -0.39 is 0 Å². The van der Waals surface area contributed by atoms with Crippen LogP contribution < -0.4 is 0 Å². The first-order chi connectivity index (χ1) is 8.41. The first kappa shape index (κ1) is 16.7. The van der Waals surface area contributed by atoms with E-state index in [0.717, 1.165) is 6.42 Å².